The Bertz CT molecular complexity index is 355. The molecule has 1 atom stereocenters. The van der Waals surface area contributed by atoms with Crippen LogP contribution in [0.15, 0.2) is 18.3 Å². The molecule has 0 spiro atoms. The predicted octanol–water partition coefficient (Wildman–Crippen LogP) is 4.21. The minimum Gasteiger partial charge on any atom is -0.309 e. The lowest BCUT2D eigenvalue weighted by molar-refractivity contribution is 0.230. The number of pyridine rings is 1. The zero-order valence-electron chi connectivity index (χ0n) is 11.3. The molecule has 0 bridgehead atoms. The maximum Gasteiger partial charge on any atom is 0.0589 e. The minimum atomic E-state index is 0.389. The molecule has 100 valence electrons. The van der Waals surface area contributed by atoms with Crippen LogP contribution in [-0.4, -0.2) is 11.5 Å². The van der Waals surface area contributed by atoms with Crippen molar-refractivity contribution in [2.24, 2.45) is 11.8 Å². The van der Waals surface area contributed by atoms with Crippen molar-refractivity contribution >= 4 is 11.6 Å². The summed E-state index contributed by atoms with van der Waals surface area (Å²) in [6.45, 7) is 5.51. The Balaban J connectivity index is 2.09. The fourth-order valence-corrected chi connectivity index (χ4v) is 3.03. The van der Waals surface area contributed by atoms with Gasteiger partial charge in [0.25, 0.3) is 0 Å². The van der Waals surface area contributed by atoms with Crippen LogP contribution < -0.4 is 5.32 Å². The highest BCUT2D eigenvalue weighted by molar-refractivity contribution is 6.30. The summed E-state index contributed by atoms with van der Waals surface area (Å²) >= 11 is 5.92. The van der Waals surface area contributed by atoms with E-state index in [9.17, 15) is 0 Å². The van der Waals surface area contributed by atoms with Crippen LogP contribution in [0.5, 0.6) is 0 Å². The molecule has 1 aliphatic carbocycles. The van der Waals surface area contributed by atoms with E-state index in [1.54, 1.807) is 6.20 Å². The van der Waals surface area contributed by atoms with Crippen LogP contribution >= 0.6 is 11.6 Å². The fourth-order valence-electron chi connectivity index (χ4n) is 2.92. The lowest BCUT2D eigenvalue weighted by Gasteiger charge is -2.33. The van der Waals surface area contributed by atoms with E-state index < -0.39 is 0 Å². The highest BCUT2D eigenvalue weighted by atomic mass is 35.5. The van der Waals surface area contributed by atoms with Crippen molar-refractivity contribution in [3.63, 3.8) is 0 Å². The average molecular weight is 267 g/mol. The molecule has 1 fully saturated rings. The molecular formula is C15H23ClN2. The summed E-state index contributed by atoms with van der Waals surface area (Å²) in [5.41, 5.74) is 1.14. The summed E-state index contributed by atoms with van der Waals surface area (Å²) in [7, 11) is 0. The van der Waals surface area contributed by atoms with Crippen LogP contribution in [0.25, 0.3) is 0 Å². The van der Waals surface area contributed by atoms with Crippen molar-refractivity contribution in [2.75, 3.05) is 6.54 Å². The van der Waals surface area contributed by atoms with Gasteiger partial charge in [-0.05, 0) is 43.4 Å². The number of nitrogens with zero attached hydrogens (tertiary/aromatic N) is 1. The molecular weight excluding hydrogens is 244 g/mol. The van der Waals surface area contributed by atoms with E-state index in [0.717, 1.165) is 24.1 Å². The van der Waals surface area contributed by atoms with Gasteiger partial charge in [-0.15, -0.1) is 0 Å². The first-order valence-electron chi connectivity index (χ1n) is 7.05. The van der Waals surface area contributed by atoms with E-state index in [0.29, 0.717) is 11.1 Å². The normalized spacial score (nSPS) is 25.9. The first kappa shape index (κ1) is 13.8. The third-order valence-corrected chi connectivity index (χ3v) is 4.25. The van der Waals surface area contributed by atoms with E-state index >= 15 is 0 Å². The van der Waals surface area contributed by atoms with Crippen LogP contribution in [0.3, 0.4) is 0 Å². The Labute approximate surface area is 115 Å². The topological polar surface area (TPSA) is 24.9 Å². The van der Waals surface area contributed by atoms with Crippen LogP contribution in [-0.2, 0) is 0 Å². The molecule has 1 aliphatic rings. The smallest absolute Gasteiger partial charge is 0.0589 e. The van der Waals surface area contributed by atoms with Crippen molar-refractivity contribution in [1.29, 1.82) is 0 Å². The number of halogens is 1. The van der Waals surface area contributed by atoms with Crippen LogP contribution in [0.1, 0.15) is 51.3 Å². The Hall–Kier alpha value is -0.600. The molecule has 0 radical (unpaired) electrons. The van der Waals surface area contributed by atoms with Crippen molar-refractivity contribution < 1.29 is 0 Å². The first-order valence-corrected chi connectivity index (χ1v) is 7.43. The van der Waals surface area contributed by atoms with Gasteiger partial charge in [0.1, 0.15) is 0 Å². The van der Waals surface area contributed by atoms with Crippen molar-refractivity contribution in [3.05, 3.63) is 29.0 Å². The van der Waals surface area contributed by atoms with Crippen molar-refractivity contribution in [3.8, 4) is 0 Å². The lowest BCUT2D eigenvalue weighted by Crippen LogP contribution is -2.31. The standard InChI is InChI=1S/C15H23ClN2/c1-3-17-15(12-6-4-11(2)5-7-12)14-9-8-13(16)10-18-14/h8-12,15,17H,3-7H2,1-2H3. The van der Waals surface area contributed by atoms with Gasteiger partial charge in [0, 0.05) is 6.20 Å². The second-order valence-electron chi connectivity index (χ2n) is 5.46. The molecule has 2 rings (SSSR count). The number of hydrogen-bond acceptors (Lipinski definition) is 2. The molecule has 1 saturated carbocycles. The molecule has 0 aromatic carbocycles. The molecule has 1 unspecified atom stereocenters. The summed E-state index contributed by atoms with van der Waals surface area (Å²) < 4.78 is 0. The van der Waals surface area contributed by atoms with Gasteiger partial charge in [0.15, 0.2) is 0 Å². The summed E-state index contributed by atoms with van der Waals surface area (Å²) in [5, 5.41) is 4.31. The minimum absolute atomic E-state index is 0.389. The number of rotatable bonds is 4. The van der Waals surface area contributed by atoms with Gasteiger partial charge in [-0.2, -0.15) is 0 Å². The SMILES string of the molecule is CCNC(c1ccc(Cl)cn1)C1CCC(C)CC1. The first-order chi connectivity index (χ1) is 8.70. The summed E-state index contributed by atoms with van der Waals surface area (Å²) in [6.07, 6.45) is 7.07. The fraction of sp³-hybridized carbons (Fsp3) is 0.667. The number of aromatic nitrogens is 1. The van der Waals surface area contributed by atoms with Crippen molar-refractivity contribution in [2.45, 2.75) is 45.6 Å². The summed E-state index contributed by atoms with van der Waals surface area (Å²) in [4.78, 5) is 4.50. The van der Waals surface area contributed by atoms with Gasteiger partial charge in [-0.3, -0.25) is 4.98 Å². The van der Waals surface area contributed by atoms with E-state index in [4.69, 9.17) is 11.6 Å². The van der Waals surface area contributed by atoms with Crippen LogP contribution in [0.2, 0.25) is 5.02 Å². The molecule has 1 N–H and O–H groups in total. The zero-order valence-corrected chi connectivity index (χ0v) is 12.1. The van der Waals surface area contributed by atoms with Gasteiger partial charge in [0.05, 0.1) is 16.8 Å². The van der Waals surface area contributed by atoms with Crippen LogP contribution in [0.4, 0.5) is 0 Å². The predicted molar refractivity (Wildman–Crippen MR) is 76.8 cm³/mol. The monoisotopic (exact) mass is 266 g/mol. The van der Waals surface area contributed by atoms with Gasteiger partial charge >= 0.3 is 0 Å². The maximum atomic E-state index is 5.92. The molecule has 0 amide bonds. The molecule has 1 aromatic rings. The largest absolute Gasteiger partial charge is 0.309 e. The molecule has 0 saturated heterocycles. The highest BCUT2D eigenvalue weighted by Gasteiger charge is 2.27. The zero-order chi connectivity index (χ0) is 13.0. The second kappa shape index (κ2) is 6.53. The van der Waals surface area contributed by atoms with E-state index in [2.05, 4.69) is 30.2 Å². The Morgan fingerprint density at radius 2 is 2.06 bits per heavy atom. The maximum absolute atomic E-state index is 5.92. The Morgan fingerprint density at radius 1 is 1.33 bits per heavy atom. The lowest BCUT2D eigenvalue weighted by atomic mass is 9.78. The van der Waals surface area contributed by atoms with E-state index in [-0.39, 0.29) is 0 Å². The third kappa shape index (κ3) is 3.46. The Kier molecular flexibility index (Phi) is 5.02. The average Bonchev–Trinajstić information content (AvgIpc) is 2.39. The van der Waals surface area contributed by atoms with Crippen LogP contribution in [0, 0.1) is 11.8 Å². The highest BCUT2D eigenvalue weighted by Crippen LogP contribution is 2.36. The number of hydrogen-bond donors (Lipinski definition) is 1. The quantitative estimate of drug-likeness (QED) is 0.883. The molecule has 18 heavy (non-hydrogen) atoms. The molecule has 3 heteroatoms. The van der Waals surface area contributed by atoms with E-state index in [1.807, 2.05) is 6.07 Å². The van der Waals surface area contributed by atoms with Gasteiger partial charge in [-0.25, -0.2) is 0 Å². The molecule has 1 heterocycles. The number of nitrogens with one attached hydrogen (secondary N) is 1. The third-order valence-electron chi connectivity index (χ3n) is 4.02. The van der Waals surface area contributed by atoms with Gasteiger partial charge in [-0.1, -0.05) is 38.3 Å². The summed E-state index contributed by atoms with van der Waals surface area (Å²) in [6, 6.07) is 4.40. The molecule has 1 aromatic heterocycles. The molecule has 0 aliphatic heterocycles. The van der Waals surface area contributed by atoms with E-state index in [1.165, 1.54) is 25.7 Å². The van der Waals surface area contributed by atoms with Crippen molar-refractivity contribution in [1.82, 2.24) is 10.3 Å². The molecule has 2 nitrogen and oxygen atoms in total. The Morgan fingerprint density at radius 3 is 2.61 bits per heavy atom. The van der Waals surface area contributed by atoms with Gasteiger partial charge in [0.2, 0.25) is 0 Å². The second-order valence-corrected chi connectivity index (χ2v) is 5.89. The van der Waals surface area contributed by atoms with Gasteiger partial charge < -0.3 is 5.32 Å². The summed E-state index contributed by atoms with van der Waals surface area (Å²) in [5.74, 6) is 1.61.